The van der Waals surface area contributed by atoms with Gasteiger partial charge < -0.3 is 5.32 Å². The molecule has 0 amide bonds. The number of anilines is 1. The van der Waals surface area contributed by atoms with E-state index in [1.165, 1.54) is 0 Å². The molecule has 0 saturated carbocycles. The summed E-state index contributed by atoms with van der Waals surface area (Å²) in [6.45, 7) is 0. The van der Waals surface area contributed by atoms with Gasteiger partial charge in [0.15, 0.2) is 0 Å². The summed E-state index contributed by atoms with van der Waals surface area (Å²) in [5.74, 6) is 0.741. The molecule has 3 aromatic rings. The Kier molecular flexibility index (Phi) is 2.74. The van der Waals surface area contributed by atoms with Crippen LogP contribution < -0.4 is 5.32 Å². The van der Waals surface area contributed by atoms with Crippen LogP contribution >= 0.6 is 0 Å². The number of hydrogen-bond acceptors (Lipinski definition) is 4. The monoisotopic (exact) mass is 275 g/mol. The van der Waals surface area contributed by atoms with Gasteiger partial charge in [-0.3, -0.25) is 4.98 Å². The van der Waals surface area contributed by atoms with E-state index in [9.17, 15) is 0 Å². The van der Waals surface area contributed by atoms with Crippen molar-refractivity contribution >= 4 is 11.6 Å². The van der Waals surface area contributed by atoms with Gasteiger partial charge in [0.05, 0.1) is 0 Å². The van der Waals surface area contributed by atoms with Crippen LogP contribution in [-0.2, 0) is 0 Å². The first kappa shape index (κ1) is 11.8. The molecule has 2 aromatic heterocycles. The molecule has 1 atom stereocenters. The van der Waals surface area contributed by atoms with Gasteiger partial charge in [0.2, 0.25) is 5.95 Å². The summed E-state index contributed by atoms with van der Waals surface area (Å²) in [5.41, 5.74) is 3.24. The maximum atomic E-state index is 4.31. The Balaban J connectivity index is 1.83. The molecule has 102 valence electrons. The minimum absolute atomic E-state index is 0.00680. The van der Waals surface area contributed by atoms with Crippen LogP contribution in [0, 0.1) is 0 Å². The lowest BCUT2D eigenvalue weighted by Gasteiger charge is -2.24. The van der Waals surface area contributed by atoms with Crippen molar-refractivity contribution in [2.45, 2.75) is 6.04 Å². The molecule has 1 aliphatic rings. The van der Waals surface area contributed by atoms with Crippen LogP contribution in [0.3, 0.4) is 0 Å². The van der Waals surface area contributed by atoms with Crippen LogP contribution in [0.4, 0.5) is 5.95 Å². The van der Waals surface area contributed by atoms with E-state index in [0.29, 0.717) is 0 Å². The lowest BCUT2D eigenvalue weighted by atomic mass is 10.0. The largest absolute Gasteiger partial charge is 0.324 e. The fourth-order valence-corrected chi connectivity index (χ4v) is 2.51. The quantitative estimate of drug-likeness (QED) is 0.781. The second-order valence-corrected chi connectivity index (χ2v) is 4.83. The Hall–Kier alpha value is -2.95. The number of allylic oxidation sites excluding steroid dienone is 1. The molecule has 0 fully saturated rings. The number of fused-ring (bicyclic) bond motifs is 1. The number of hydrogen-bond donors (Lipinski definition) is 1. The van der Waals surface area contributed by atoms with Gasteiger partial charge in [-0.2, -0.15) is 10.1 Å². The Bertz CT molecular complexity index is 777. The second kappa shape index (κ2) is 4.86. The van der Waals surface area contributed by atoms with E-state index in [-0.39, 0.29) is 6.04 Å². The molecule has 0 aliphatic carbocycles. The van der Waals surface area contributed by atoms with Crippen molar-refractivity contribution < 1.29 is 0 Å². The molecule has 1 aliphatic heterocycles. The Morgan fingerprint density at radius 1 is 1.05 bits per heavy atom. The minimum atomic E-state index is -0.00680. The predicted octanol–water partition coefficient (Wildman–Crippen LogP) is 2.73. The van der Waals surface area contributed by atoms with Crippen LogP contribution in [0.2, 0.25) is 0 Å². The van der Waals surface area contributed by atoms with Crippen molar-refractivity contribution in [1.82, 2.24) is 19.7 Å². The van der Waals surface area contributed by atoms with Crippen molar-refractivity contribution in [3.05, 3.63) is 78.4 Å². The smallest absolute Gasteiger partial charge is 0.226 e. The highest BCUT2D eigenvalue weighted by molar-refractivity contribution is 5.76. The second-order valence-electron chi connectivity index (χ2n) is 4.83. The summed E-state index contributed by atoms with van der Waals surface area (Å²) < 4.78 is 1.86. The van der Waals surface area contributed by atoms with Crippen molar-refractivity contribution in [3.63, 3.8) is 0 Å². The normalized spacial score (nSPS) is 16.8. The van der Waals surface area contributed by atoms with Crippen LogP contribution in [0.1, 0.15) is 17.2 Å². The predicted molar refractivity (Wildman–Crippen MR) is 80.4 cm³/mol. The molecule has 0 spiro atoms. The maximum Gasteiger partial charge on any atom is 0.226 e. The zero-order valence-corrected chi connectivity index (χ0v) is 11.2. The first-order chi connectivity index (χ1) is 10.4. The van der Waals surface area contributed by atoms with E-state index in [1.54, 1.807) is 12.5 Å². The number of nitrogens with one attached hydrogen (secondary N) is 1. The lowest BCUT2D eigenvalue weighted by molar-refractivity contribution is 0.610. The summed E-state index contributed by atoms with van der Waals surface area (Å²) in [7, 11) is 0. The Morgan fingerprint density at radius 2 is 1.95 bits per heavy atom. The highest BCUT2D eigenvalue weighted by Gasteiger charge is 2.23. The summed E-state index contributed by atoms with van der Waals surface area (Å²) in [6.07, 6.45) is 7.34. The van der Waals surface area contributed by atoms with E-state index >= 15 is 0 Å². The van der Waals surface area contributed by atoms with Gasteiger partial charge in [0.1, 0.15) is 12.4 Å². The lowest BCUT2D eigenvalue weighted by Crippen LogP contribution is -2.20. The van der Waals surface area contributed by atoms with Crippen molar-refractivity contribution in [3.8, 4) is 0 Å². The summed E-state index contributed by atoms with van der Waals surface area (Å²) in [6, 6.07) is 14.2. The molecule has 21 heavy (non-hydrogen) atoms. The van der Waals surface area contributed by atoms with Gasteiger partial charge in [-0.25, -0.2) is 4.68 Å². The SMILES string of the molecule is C1=C(c2ccccc2)Nc2ncnn2C1c1cccnc1. The minimum Gasteiger partial charge on any atom is -0.324 e. The first-order valence-corrected chi connectivity index (χ1v) is 6.75. The van der Waals surface area contributed by atoms with Gasteiger partial charge in [-0.1, -0.05) is 36.4 Å². The number of nitrogens with zero attached hydrogens (tertiary/aromatic N) is 4. The molecule has 1 unspecified atom stereocenters. The molecule has 3 heterocycles. The fraction of sp³-hybridized carbons (Fsp3) is 0.0625. The number of aromatic nitrogens is 4. The Morgan fingerprint density at radius 3 is 2.76 bits per heavy atom. The molecule has 0 radical (unpaired) electrons. The van der Waals surface area contributed by atoms with Crippen molar-refractivity contribution in [2.24, 2.45) is 0 Å². The molecule has 0 saturated heterocycles. The van der Waals surface area contributed by atoms with Crippen LogP contribution in [0.25, 0.3) is 5.70 Å². The summed E-state index contributed by atoms with van der Waals surface area (Å²) >= 11 is 0. The molecular weight excluding hydrogens is 262 g/mol. The highest BCUT2D eigenvalue weighted by Crippen LogP contribution is 2.31. The van der Waals surface area contributed by atoms with Crippen molar-refractivity contribution in [1.29, 1.82) is 0 Å². The third-order valence-electron chi connectivity index (χ3n) is 3.52. The topological polar surface area (TPSA) is 55.6 Å². The third kappa shape index (κ3) is 2.08. The zero-order chi connectivity index (χ0) is 14.1. The molecule has 5 heteroatoms. The van der Waals surface area contributed by atoms with Gasteiger partial charge in [-0.05, 0) is 23.3 Å². The molecule has 4 rings (SSSR count). The van der Waals surface area contributed by atoms with Gasteiger partial charge >= 0.3 is 0 Å². The average molecular weight is 275 g/mol. The fourth-order valence-electron chi connectivity index (χ4n) is 2.51. The van der Waals surface area contributed by atoms with Gasteiger partial charge in [-0.15, -0.1) is 0 Å². The van der Waals surface area contributed by atoms with E-state index in [0.717, 1.165) is 22.8 Å². The first-order valence-electron chi connectivity index (χ1n) is 6.75. The van der Waals surface area contributed by atoms with Crippen LogP contribution in [-0.4, -0.2) is 19.7 Å². The summed E-state index contributed by atoms with van der Waals surface area (Å²) in [4.78, 5) is 8.49. The number of benzene rings is 1. The standard InChI is InChI=1S/C16H13N5/c1-2-5-12(6-3-1)14-9-15(13-7-4-8-17-10-13)21-16(20-14)18-11-19-21/h1-11,15H,(H,18,19,20). The van der Waals surface area contributed by atoms with E-state index in [2.05, 4.69) is 38.6 Å². The van der Waals surface area contributed by atoms with Crippen molar-refractivity contribution in [2.75, 3.05) is 5.32 Å². The number of pyridine rings is 1. The third-order valence-corrected chi connectivity index (χ3v) is 3.52. The van der Waals surface area contributed by atoms with Gasteiger partial charge in [0.25, 0.3) is 0 Å². The highest BCUT2D eigenvalue weighted by atomic mass is 15.4. The Labute approximate surface area is 122 Å². The molecular formula is C16H13N5. The molecule has 5 nitrogen and oxygen atoms in total. The van der Waals surface area contributed by atoms with Gasteiger partial charge in [0, 0.05) is 18.1 Å². The zero-order valence-electron chi connectivity index (χ0n) is 11.2. The van der Waals surface area contributed by atoms with E-state index in [1.807, 2.05) is 41.2 Å². The summed E-state index contributed by atoms with van der Waals surface area (Å²) in [5, 5.41) is 7.64. The number of rotatable bonds is 2. The van der Waals surface area contributed by atoms with E-state index in [4.69, 9.17) is 0 Å². The molecule has 1 aromatic carbocycles. The maximum absolute atomic E-state index is 4.31. The van der Waals surface area contributed by atoms with E-state index < -0.39 is 0 Å². The molecule has 1 N–H and O–H groups in total. The molecule has 0 bridgehead atoms. The van der Waals surface area contributed by atoms with Crippen LogP contribution in [0.15, 0.2) is 67.3 Å². The average Bonchev–Trinajstić information content (AvgIpc) is 3.04. The van der Waals surface area contributed by atoms with Crippen LogP contribution in [0.5, 0.6) is 0 Å².